The van der Waals surface area contributed by atoms with Crippen LogP contribution in [0.4, 0.5) is 0 Å². The summed E-state index contributed by atoms with van der Waals surface area (Å²) in [6.45, 7) is 9.54. The van der Waals surface area contributed by atoms with E-state index >= 15 is 0 Å². The van der Waals surface area contributed by atoms with E-state index in [2.05, 4.69) is 31.0 Å². The maximum absolute atomic E-state index is 8.78. The van der Waals surface area contributed by atoms with E-state index in [0.29, 0.717) is 24.7 Å². The molecule has 1 fully saturated rings. The Hall–Kier alpha value is -0.120. The van der Waals surface area contributed by atoms with Gasteiger partial charge >= 0.3 is 0 Å². The molecule has 0 bridgehead atoms. The van der Waals surface area contributed by atoms with E-state index in [1.54, 1.807) is 0 Å². The molecule has 2 N–H and O–H groups in total. The van der Waals surface area contributed by atoms with Crippen molar-refractivity contribution in [1.29, 1.82) is 0 Å². The topological polar surface area (TPSA) is 35.5 Å². The summed E-state index contributed by atoms with van der Waals surface area (Å²) < 4.78 is 0. The minimum atomic E-state index is 0.317. The van der Waals surface area contributed by atoms with Gasteiger partial charge in [0.2, 0.25) is 0 Å². The Labute approximate surface area is 100 Å². The highest BCUT2D eigenvalue weighted by atomic mass is 16.2. The van der Waals surface area contributed by atoms with E-state index in [4.69, 9.17) is 5.11 Å². The number of likely N-dealkylation sites (tertiary alicyclic amines) is 1. The average Bonchev–Trinajstić information content (AvgIpc) is 2.27. The SMILES string of the molecule is CC(CCCO)NC1CCN(C(C)C)CC1. The number of rotatable bonds is 6. The summed E-state index contributed by atoms with van der Waals surface area (Å²) in [5.74, 6) is 0. The van der Waals surface area contributed by atoms with Gasteiger partial charge < -0.3 is 15.3 Å². The number of aliphatic hydroxyl groups is 1. The molecule has 1 rings (SSSR count). The Morgan fingerprint density at radius 3 is 2.38 bits per heavy atom. The molecule has 96 valence electrons. The number of piperidine rings is 1. The van der Waals surface area contributed by atoms with Crippen molar-refractivity contribution in [3.63, 3.8) is 0 Å². The Kier molecular flexibility index (Phi) is 6.32. The van der Waals surface area contributed by atoms with Crippen LogP contribution in [0.2, 0.25) is 0 Å². The monoisotopic (exact) mass is 228 g/mol. The zero-order chi connectivity index (χ0) is 12.0. The fraction of sp³-hybridized carbons (Fsp3) is 1.00. The molecule has 1 atom stereocenters. The summed E-state index contributed by atoms with van der Waals surface area (Å²) >= 11 is 0. The highest BCUT2D eigenvalue weighted by molar-refractivity contribution is 4.80. The Bertz CT molecular complexity index is 177. The van der Waals surface area contributed by atoms with Crippen molar-refractivity contribution in [1.82, 2.24) is 10.2 Å². The van der Waals surface area contributed by atoms with Crippen molar-refractivity contribution in [2.24, 2.45) is 0 Å². The molecule has 1 saturated heterocycles. The van der Waals surface area contributed by atoms with Crippen molar-refractivity contribution in [3.8, 4) is 0 Å². The molecule has 0 aliphatic carbocycles. The van der Waals surface area contributed by atoms with Crippen LogP contribution in [0.5, 0.6) is 0 Å². The molecule has 0 radical (unpaired) electrons. The highest BCUT2D eigenvalue weighted by Crippen LogP contribution is 2.14. The molecule has 0 aromatic heterocycles. The quantitative estimate of drug-likeness (QED) is 0.725. The average molecular weight is 228 g/mol. The first-order valence-electron chi connectivity index (χ1n) is 6.74. The third-order valence-corrected chi connectivity index (χ3v) is 3.58. The molecule has 0 spiro atoms. The van der Waals surface area contributed by atoms with Crippen molar-refractivity contribution in [3.05, 3.63) is 0 Å². The fourth-order valence-corrected chi connectivity index (χ4v) is 2.47. The first-order valence-corrected chi connectivity index (χ1v) is 6.74. The number of hydrogen-bond acceptors (Lipinski definition) is 3. The fourth-order valence-electron chi connectivity index (χ4n) is 2.47. The Morgan fingerprint density at radius 1 is 1.25 bits per heavy atom. The van der Waals surface area contributed by atoms with Gasteiger partial charge in [0.1, 0.15) is 0 Å². The van der Waals surface area contributed by atoms with Gasteiger partial charge in [-0.25, -0.2) is 0 Å². The molecule has 1 aliphatic rings. The van der Waals surface area contributed by atoms with Crippen LogP contribution < -0.4 is 5.32 Å². The summed E-state index contributed by atoms with van der Waals surface area (Å²) in [6, 6.07) is 1.92. The first kappa shape index (κ1) is 13.9. The lowest BCUT2D eigenvalue weighted by Crippen LogP contribution is -2.47. The number of nitrogens with zero attached hydrogens (tertiary/aromatic N) is 1. The van der Waals surface area contributed by atoms with Crippen molar-refractivity contribution >= 4 is 0 Å². The molecular weight excluding hydrogens is 200 g/mol. The molecule has 1 heterocycles. The van der Waals surface area contributed by atoms with Gasteiger partial charge in [0, 0.05) is 24.7 Å². The molecule has 0 aromatic rings. The molecule has 3 heteroatoms. The van der Waals surface area contributed by atoms with Crippen molar-refractivity contribution in [2.45, 2.75) is 64.6 Å². The van der Waals surface area contributed by atoms with Gasteiger partial charge in [-0.05, 0) is 59.5 Å². The van der Waals surface area contributed by atoms with Gasteiger partial charge in [-0.15, -0.1) is 0 Å². The van der Waals surface area contributed by atoms with Crippen LogP contribution >= 0.6 is 0 Å². The maximum atomic E-state index is 8.78. The van der Waals surface area contributed by atoms with Gasteiger partial charge in [-0.1, -0.05) is 0 Å². The largest absolute Gasteiger partial charge is 0.396 e. The lowest BCUT2D eigenvalue weighted by molar-refractivity contribution is 0.155. The molecule has 1 aliphatic heterocycles. The summed E-state index contributed by atoms with van der Waals surface area (Å²) in [6.07, 6.45) is 4.53. The molecule has 16 heavy (non-hydrogen) atoms. The second-order valence-electron chi connectivity index (χ2n) is 5.34. The molecular formula is C13H28N2O. The molecule has 3 nitrogen and oxygen atoms in total. The van der Waals surface area contributed by atoms with E-state index < -0.39 is 0 Å². The van der Waals surface area contributed by atoms with Crippen LogP contribution in [-0.4, -0.2) is 47.8 Å². The maximum Gasteiger partial charge on any atom is 0.0431 e. The van der Waals surface area contributed by atoms with Gasteiger partial charge in [0.15, 0.2) is 0 Å². The van der Waals surface area contributed by atoms with Gasteiger partial charge in [-0.3, -0.25) is 0 Å². The lowest BCUT2D eigenvalue weighted by atomic mass is 10.0. The molecule has 0 amide bonds. The number of nitrogens with one attached hydrogen (secondary N) is 1. The van der Waals surface area contributed by atoms with Crippen LogP contribution in [0.15, 0.2) is 0 Å². The van der Waals surface area contributed by atoms with Crippen LogP contribution in [0.3, 0.4) is 0 Å². The minimum Gasteiger partial charge on any atom is -0.396 e. The Balaban J connectivity index is 2.16. The highest BCUT2D eigenvalue weighted by Gasteiger charge is 2.21. The van der Waals surface area contributed by atoms with Crippen molar-refractivity contribution < 1.29 is 5.11 Å². The Morgan fingerprint density at radius 2 is 1.88 bits per heavy atom. The minimum absolute atomic E-state index is 0.317. The number of aliphatic hydroxyl groups excluding tert-OH is 1. The van der Waals surface area contributed by atoms with Crippen LogP contribution in [0, 0.1) is 0 Å². The standard InChI is InChI=1S/C13H28N2O/c1-11(2)15-8-6-13(7-9-15)14-12(3)5-4-10-16/h11-14,16H,4-10H2,1-3H3. The normalized spacial score (nSPS) is 21.6. The summed E-state index contributed by atoms with van der Waals surface area (Å²) in [5.41, 5.74) is 0. The van der Waals surface area contributed by atoms with E-state index in [0.717, 1.165) is 12.8 Å². The van der Waals surface area contributed by atoms with Crippen LogP contribution in [0.1, 0.15) is 46.5 Å². The second-order valence-corrected chi connectivity index (χ2v) is 5.34. The predicted octanol–water partition coefficient (Wildman–Crippen LogP) is 1.61. The summed E-state index contributed by atoms with van der Waals surface area (Å²) in [7, 11) is 0. The van der Waals surface area contributed by atoms with E-state index in [1.807, 2.05) is 0 Å². The molecule has 1 unspecified atom stereocenters. The second kappa shape index (κ2) is 7.25. The van der Waals surface area contributed by atoms with E-state index in [-0.39, 0.29) is 0 Å². The predicted molar refractivity (Wildman–Crippen MR) is 68.6 cm³/mol. The zero-order valence-corrected chi connectivity index (χ0v) is 11.1. The van der Waals surface area contributed by atoms with Crippen molar-refractivity contribution in [2.75, 3.05) is 19.7 Å². The first-order chi connectivity index (χ1) is 7.63. The zero-order valence-electron chi connectivity index (χ0n) is 11.1. The van der Waals surface area contributed by atoms with Gasteiger partial charge in [-0.2, -0.15) is 0 Å². The summed E-state index contributed by atoms with van der Waals surface area (Å²) in [5, 5.41) is 12.5. The van der Waals surface area contributed by atoms with E-state index in [1.165, 1.54) is 25.9 Å². The van der Waals surface area contributed by atoms with Gasteiger partial charge in [0.05, 0.1) is 0 Å². The van der Waals surface area contributed by atoms with Crippen LogP contribution in [0.25, 0.3) is 0 Å². The third kappa shape index (κ3) is 4.81. The molecule has 0 saturated carbocycles. The third-order valence-electron chi connectivity index (χ3n) is 3.58. The van der Waals surface area contributed by atoms with E-state index in [9.17, 15) is 0 Å². The lowest BCUT2D eigenvalue weighted by Gasteiger charge is -2.36. The van der Waals surface area contributed by atoms with Gasteiger partial charge in [0.25, 0.3) is 0 Å². The number of hydrogen-bond donors (Lipinski definition) is 2. The summed E-state index contributed by atoms with van der Waals surface area (Å²) in [4.78, 5) is 2.55. The molecule has 0 aromatic carbocycles. The smallest absolute Gasteiger partial charge is 0.0431 e. The van der Waals surface area contributed by atoms with Crippen LogP contribution in [-0.2, 0) is 0 Å².